The summed E-state index contributed by atoms with van der Waals surface area (Å²) in [5, 5.41) is 0. The molecule has 1 aliphatic heterocycles. The van der Waals surface area contributed by atoms with Crippen molar-refractivity contribution < 1.29 is 4.74 Å². The van der Waals surface area contributed by atoms with Crippen LogP contribution in [0.2, 0.25) is 0 Å². The molecule has 1 saturated heterocycles. The van der Waals surface area contributed by atoms with Crippen molar-refractivity contribution in [2.75, 3.05) is 13.2 Å². The molecule has 1 atom stereocenters. The van der Waals surface area contributed by atoms with Crippen LogP contribution in [0.3, 0.4) is 0 Å². The van der Waals surface area contributed by atoms with E-state index in [4.69, 9.17) is 4.74 Å². The van der Waals surface area contributed by atoms with Gasteiger partial charge in [-0.2, -0.15) is 0 Å². The van der Waals surface area contributed by atoms with Crippen molar-refractivity contribution in [1.29, 1.82) is 0 Å². The maximum absolute atomic E-state index is 5.64. The molecule has 1 heterocycles. The fourth-order valence-electron chi connectivity index (χ4n) is 4.53. The minimum absolute atomic E-state index is 0.455. The Hall–Kier alpha value is -0.820. The molecule has 0 bridgehead atoms. The SMILES string of the molecule is CCC(c1ccc(CC2(CC(C)C)CCOCC2)cc1)C(C)C. The zero-order valence-electron chi connectivity index (χ0n) is 15.9. The lowest BCUT2D eigenvalue weighted by Crippen LogP contribution is -2.33. The highest BCUT2D eigenvalue weighted by Gasteiger charge is 2.33. The van der Waals surface area contributed by atoms with Gasteiger partial charge in [0.2, 0.25) is 0 Å². The molecule has 2 rings (SSSR count). The van der Waals surface area contributed by atoms with Crippen LogP contribution in [0, 0.1) is 17.3 Å². The molecule has 0 radical (unpaired) electrons. The van der Waals surface area contributed by atoms with Gasteiger partial charge in [-0.1, -0.05) is 58.9 Å². The van der Waals surface area contributed by atoms with Crippen LogP contribution >= 0.6 is 0 Å². The van der Waals surface area contributed by atoms with Gasteiger partial charge < -0.3 is 4.74 Å². The molecule has 1 aromatic carbocycles. The molecule has 0 saturated carbocycles. The molecule has 0 spiro atoms. The van der Waals surface area contributed by atoms with E-state index in [0.717, 1.165) is 19.1 Å². The minimum Gasteiger partial charge on any atom is -0.381 e. The normalized spacial score (nSPS) is 19.3. The molecular formula is C22H36O. The number of rotatable bonds is 7. The lowest BCUT2D eigenvalue weighted by atomic mass is 9.70. The molecule has 130 valence electrons. The van der Waals surface area contributed by atoms with Gasteiger partial charge in [0.1, 0.15) is 0 Å². The van der Waals surface area contributed by atoms with Gasteiger partial charge in [0.25, 0.3) is 0 Å². The maximum Gasteiger partial charge on any atom is 0.0471 e. The van der Waals surface area contributed by atoms with Gasteiger partial charge in [-0.15, -0.1) is 0 Å². The van der Waals surface area contributed by atoms with Crippen LogP contribution in [-0.2, 0) is 11.2 Å². The molecule has 0 amide bonds. The number of hydrogen-bond acceptors (Lipinski definition) is 1. The third-order valence-electron chi connectivity index (χ3n) is 5.63. The second kappa shape index (κ2) is 8.33. The van der Waals surface area contributed by atoms with Crippen LogP contribution in [0.5, 0.6) is 0 Å². The lowest BCUT2D eigenvalue weighted by Gasteiger charge is -2.39. The fourth-order valence-corrected chi connectivity index (χ4v) is 4.53. The maximum atomic E-state index is 5.64. The number of ether oxygens (including phenoxy) is 1. The summed E-state index contributed by atoms with van der Waals surface area (Å²) in [7, 11) is 0. The monoisotopic (exact) mass is 316 g/mol. The van der Waals surface area contributed by atoms with Crippen molar-refractivity contribution >= 4 is 0 Å². The molecule has 23 heavy (non-hydrogen) atoms. The average Bonchev–Trinajstić information content (AvgIpc) is 2.49. The van der Waals surface area contributed by atoms with Crippen LogP contribution in [-0.4, -0.2) is 13.2 Å². The second-order valence-corrected chi connectivity index (χ2v) is 8.39. The van der Waals surface area contributed by atoms with E-state index in [1.807, 2.05) is 0 Å². The van der Waals surface area contributed by atoms with E-state index in [9.17, 15) is 0 Å². The van der Waals surface area contributed by atoms with Gasteiger partial charge in [-0.25, -0.2) is 0 Å². The summed E-state index contributed by atoms with van der Waals surface area (Å²) in [4.78, 5) is 0. The predicted octanol–water partition coefficient (Wildman–Crippen LogP) is 6.22. The van der Waals surface area contributed by atoms with Crippen molar-refractivity contribution in [3.05, 3.63) is 35.4 Å². The molecule has 1 unspecified atom stereocenters. The highest BCUT2D eigenvalue weighted by Crippen LogP contribution is 2.40. The Morgan fingerprint density at radius 3 is 2.09 bits per heavy atom. The summed E-state index contributed by atoms with van der Waals surface area (Å²) >= 11 is 0. The topological polar surface area (TPSA) is 9.23 Å². The zero-order chi connectivity index (χ0) is 16.9. The van der Waals surface area contributed by atoms with E-state index >= 15 is 0 Å². The van der Waals surface area contributed by atoms with Crippen molar-refractivity contribution in [1.82, 2.24) is 0 Å². The van der Waals surface area contributed by atoms with Gasteiger partial charge >= 0.3 is 0 Å². The zero-order valence-corrected chi connectivity index (χ0v) is 15.9. The first-order chi connectivity index (χ1) is 11.0. The third kappa shape index (κ3) is 5.08. The van der Waals surface area contributed by atoms with E-state index < -0.39 is 0 Å². The third-order valence-corrected chi connectivity index (χ3v) is 5.63. The van der Waals surface area contributed by atoms with Gasteiger partial charge in [-0.3, -0.25) is 0 Å². The standard InChI is InChI=1S/C22H36O/c1-6-21(18(4)5)20-9-7-19(8-10-20)16-22(15-17(2)3)11-13-23-14-12-22/h7-10,17-18,21H,6,11-16H2,1-5H3. The first-order valence-corrected chi connectivity index (χ1v) is 9.62. The van der Waals surface area contributed by atoms with Crippen LogP contribution in [0.4, 0.5) is 0 Å². The van der Waals surface area contributed by atoms with E-state index in [0.29, 0.717) is 17.3 Å². The first-order valence-electron chi connectivity index (χ1n) is 9.62. The van der Waals surface area contributed by atoms with E-state index in [-0.39, 0.29) is 0 Å². The summed E-state index contributed by atoms with van der Waals surface area (Å²) in [6.07, 6.45) is 6.20. The van der Waals surface area contributed by atoms with Crippen LogP contribution in [0.1, 0.15) is 77.3 Å². The molecule has 0 N–H and O–H groups in total. The van der Waals surface area contributed by atoms with Crippen LogP contribution in [0.15, 0.2) is 24.3 Å². The van der Waals surface area contributed by atoms with Crippen molar-refractivity contribution in [3.63, 3.8) is 0 Å². The molecule has 1 heteroatoms. The predicted molar refractivity (Wildman–Crippen MR) is 100.0 cm³/mol. The van der Waals surface area contributed by atoms with Gasteiger partial charge in [0, 0.05) is 13.2 Å². The Bertz CT molecular complexity index is 451. The van der Waals surface area contributed by atoms with Gasteiger partial charge in [0.05, 0.1) is 0 Å². The minimum atomic E-state index is 0.455. The van der Waals surface area contributed by atoms with Crippen LogP contribution in [0.25, 0.3) is 0 Å². The van der Waals surface area contributed by atoms with Crippen molar-refractivity contribution in [2.24, 2.45) is 17.3 Å². The van der Waals surface area contributed by atoms with Gasteiger partial charge in [0.15, 0.2) is 0 Å². The molecule has 0 aromatic heterocycles. The highest BCUT2D eigenvalue weighted by molar-refractivity contribution is 5.26. The summed E-state index contributed by atoms with van der Waals surface area (Å²) in [6, 6.07) is 9.54. The quantitative estimate of drug-likeness (QED) is 0.580. The molecule has 1 aromatic rings. The van der Waals surface area contributed by atoms with E-state index in [2.05, 4.69) is 58.9 Å². The van der Waals surface area contributed by atoms with E-state index in [1.165, 1.54) is 43.2 Å². The Morgan fingerprint density at radius 2 is 1.61 bits per heavy atom. The Morgan fingerprint density at radius 1 is 1.00 bits per heavy atom. The second-order valence-electron chi connectivity index (χ2n) is 8.39. The van der Waals surface area contributed by atoms with E-state index in [1.54, 1.807) is 0 Å². The van der Waals surface area contributed by atoms with Gasteiger partial charge in [-0.05, 0) is 66.4 Å². The Balaban J connectivity index is 2.11. The highest BCUT2D eigenvalue weighted by atomic mass is 16.5. The van der Waals surface area contributed by atoms with Crippen molar-refractivity contribution in [3.8, 4) is 0 Å². The summed E-state index contributed by atoms with van der Waals surface area (Å²) in [5.74, 6) is 2.17. The molecule has 1 nitrogen and oxygen atoms in total. The number of hydrogen-bond donors (Lipinski definition) is 0. The number of benzene rings is 1. The molecular weight excluding hydrogens is 280 g/mol. The summed E-state index contributed by atoms with van der Waals surface area (Å²) < 4.78 is 5.64. The largest absolute Gasteiger partial charge is 0.381 e. The Labute approximate surface area is 143 Å². The average molecular weight is 317 g/mol. The summed E-state index contributed by atoms with van der Waals surface area (Å²) in [6.45, 7) is 13.6. The van der Waals surface area contributed by atoms with Crippen molar-refractivity contribution in [2.45, 2.75) is 72.6 Å². The molecule has 0 aliphatic carbocycles. The Kier molecular flexibility index (Phi) is 6.71. The lowest BCUT2D eigenvalue weighted by molar-refractivity contribution is 0.00409. The summed E-state index contributed by atoms with van der Waals surface area (Å²) in [5.41, 5.74) is 3.47. The van der Waals surface area contributed by atoms with Crippen LogP contribution < -0.4 is 0 Å². The first kappa shape index (κ1) is 18.5. The molecule has 1 fully saturated rings. The fraction of sp³-hybridized carbons (Fsp3) is 0.727. The molecule has 1 aliphatic rings. The smallest absolute Gasteiger partial charge is 0.0471 e.